The average molecular weight is 391 g/mol. The highest BCUT2D eigenvalue weighted by molar-refractivity contribution is 5.89. The van der Waals surface area contributed by atoms with Crippen molar-refractivity contribution >= 4 is 44.1 Å². The molecule has 5 nitrogen and oxygen atoms in total. The van der Waals surface area contributed by atoms with Gasteiger partial charge in [0.2, 0.25) is 11.0 Å². The largest absolute Gasteiger partial charge is 0.506 e. The highest BCUT2D eigenvalue weighted by atomic mass is 16.3. The van der Waals surface area contributed by atoms with E-state index in [-0.39, 0.29) is 5.75 Å². The monoisotopic (exact) mass is 391 g/mol. The zero-order valence-corrected chi connectivity index (χ0v) is 16.4. The molecule has 0 unspecified atom stereocenters. The summed E-state index contributed by atoms with van der Waals surface area (Å²) in [5, 5.41) is 9.63. The predicted molar refractivity (Wildman–Crippen MR) is 119 cm³/mol. The van der Waals surface area contributed by atoms with E-state index >= 15 is 0 Å². The summed E-state index contributed by atoms with van der Waals surface area (Å²) in [6.07, 6.45) is 0. The van der Waals surface area contributed by atoms with Crippen LogP contribution in [0.3, 0.4) is 0 Å². The van der Waals surface area contributed by atoms with Gasteiger partial charge in [-0.2, -0.15) is 4.57 Å². The lowest BCUT2D eigenvalue weighted by molar-refractivity contribution is -0.617. The van der Waals surface area contributed by atoms with E-state index in [4.69, 9.17) is 0 Å². The molecule has 5 heteroatoms. The number of aryl methyl sites for hydroxylation is 1. The minimum absolute atomic E-state index is 0.172. The molecule has 0 spiro atoms. The van der Waals surface area contributed by atoms with Crippen molar-refractivity contribution in [2.75, 3.05) is 0 Å². The van der Waals surface area contributed by atoms with Crippen LogP contribution in [0.4, 0.5) is 0 Å². The SMILES string of the molecule is C[n+]1c2ccccc2nc2ccccc21.Oc1cccc2nc3ccccc3nc12. The van der Waals surface area contributed by atoms with E-state index in [1.807, 2.05) is 66.7 Å². The minimum Gasteiger partial charge on any atom is -0.506 e. The third kappa shape index (κ3) is 3.16. The fourth-order valence-electron chi connectivity index (χ4n) is 3.57. The van der Waals surface area contributed by atoms with Gasteiger partial charge >= 0.3 is 0 Å². The van der Waals surface area contributed by atoms with Crippen LogP contribution in [-0.2, 0) is 7.05 Å². The molecule has 0 aliphatic rings. The molecule has 0 fully saturated rings. The molecule has 0 atom stereocenters. The number of para-hydroxylation sites is 7. The fourth-order valence-corrected chi connectivity index (χ4v) is 3.57. The molecule has 4 aromatic carbocycles. The van der Waals surface area contributed by atoms with Crippen LogP contribution in [0.2, 0.25) is 0 Å². The van der Waals surface area contributed by atoms with E-state index in [0.717, 1.165) is 33.1 Å². The number of hydrogen-bond donors (Lipinski definition) is 1. The first-order valence-electron chi connectivity index (χ1n) is 9.69. The predicted octanol–water partition coefficient (Wildman–Crippen LogP) is 4.70. The van der Waals surface area contributed by atoms with Gasteiger partial charge in [0.25, 0.3) is 0 Å². The quantitative estimate of drug-likeness (QED) is 0.301. The van der Waals surface area contributed by atoms with Crippen LogP contribution in [0.15, 0.2) is 91.0 Å². The van der Waals surface area contributed by atoms with Crippen molar-refractivity contribution in [1.82, 2.24) is 15.0 Å². The normalized spacial score (nSPS) is 11.0. The second kappa shape index (κ2) is 7.37. The summed E-state index contributed by atoms with van der Waals surface area (Å²) in [6.45, 7) is 0. The van der Waals surface area contributed by atoms with Gasteiger partial charge in [0.05, 0.1) is 16.6 Å². The molecular weight excluding hydrogens is 372 g/mol. The van der Waals surface area contributed by atoms with Crippen LogP contribution in [0.1, 0.15) is 0 Å². The van der Waals surface area contributed by atoms with Gasteiger partial charge in [-0.3, -0.25) is 0 Å². The highest BCUT2D eigenvalue weighted by Crippen LogP contribution is 2.23. The summed E-state index contributed by atoms with van der Waals surface area (Å²) in [4.78, 5) is 13.4. The van der Waals surface area contributed by atoms with Crippen molar-refractivity contribution in [3.05, 3.63) is 91.0 Å². The maximum atomic E-state index is 9.63. The topological polar surface area (TPSA) is 62.8 Å². The number of phenolic OH excluding ortho intramolecular Hbond substituents is 1. The number of benzene rings is 4. The lowest BCUT2D eigenvalue weighted by atomic mass is 10.2. The lowest BCUT2D eigenvalue weighted by Crippen LogP contribution is -2.30. The van der Waals surface area contributed by atoms with Gasteiger partial charge in [0, 0.05) is 12.1 Å². The minimum atomic E-state index is 0.172. The summed E-state index contributed by atoms with van der Waals surface area (Å²) in [5.41, 5.74) is 7.32. The molecule has 0 aliphatic heterocycles. The van der Waals surface area contributed by atoms with Crippen molar-refractivity contribution in [1.29, 1.82) is 0 Å². The molecule has 0 bridgehead atoms. The molecule has 144 valence electrons. The number of aromatic nitrogens is 4. The molecule has 6 rings (SSSR count). The van der Waals surface area contributed by atoms with E-state index in [1.165, 1.54) is 0 Å². The number of aromatic hydroxyl groups is 1. The second-order valence-corrected chi connectivity index (χ2v) is 7.01. The first-order valence-corrected chi connectivity index (χ1v) is 9.69. The Hall–Kier alpha value is -4.12. The Balaban J connectivity index is 0.000000128. The Kier molecular flexibility index (Phi) is 4.41. The van der Waals surface area contributed by atoms with Gasteiger partial charge in [-0.05, 0) is 36.4 Å². The van der Waals surface area contributed by atoms with E-state index in [1.54, 1.807) is 12.1 Å². The maximum absolute atomic E-state index is 9.63. The first kappa shape index (κ1) is 17.9. The van der Waals surface area contributed by atoms with E-state index in [2.05, 4.69) is 38.7 Å². The summed E-state index contributed by atoms with van der Waals surface area (Å²) in [5.74, 6) is 0.172. The third-order valence-corrected chi connectivity index (χ3v) is 5.08. The molecule has 0 saturated heterocycles. The molecule has 30 heavy (non-hydrogen) atoms. The van der Waals surface area contributed by atoms with Gasteiger partial charge in [-0.25, -0.2) is 15.0 Å². The van der Waals surface area contributed by atoms with Crippen LogP contribution in [-0.4, -0.2) is 20.1 Å². The number of phenols is 1. The lowest BCUT2D eigenvalue weighted by Gasteiger charge is -2.01. The van der Waals surface area contributed by atoms with Crippen molar-refractivity contribution < 1.29 is 9.67 Å². The number of hydrogen-bond acceptors (Lipinski definition) is 4. The number of fused-ring (bicyclic) bond motifs is 4. The van der Waals surface area contributed by atoms with Gasteiger partial charge in [0.15, 0.2) is 0 Å². The van der Waals surface area contributed by atoms with Crippen LogP contribution >= 0.6 is 0 Å². The van der Waals surface area contributed by atoms with Gasteiger partial charge < -0.3 is 5.11 Å². The molecule has 0 aliphatic carbocycles. The molecule has 0 radical (unpaired) electrons. The fraction of sp³-hybridized carbons (Fsp3) is 0.0400. The summed E-state index contributed by atoms with van der Waals surface area (Å²) >= 11 is 0. The Bertz CT molecular complexity index is 1450. The van der Waals surface area contributed by atoms with Gasteiger partial charge in [-0.15, -0.1) is 0 Å². The molecule has 2 aromatic heterocycles. The Morgan fingerprint density at radius 2 is 1.00 bits per heavy atom. The summed E-state index contributed by atoms with van der Waals surface area (Å²) in [7, 11) is 2.08. The Labute approximate surface area is 172 Å². The van der Waals surface area contributed by atoms with E-state index < -0.39 is 0 Å². The van der Waals surface area contributed by atoms with Crippen molar-refractivity contribution in [3.8, 4) is 5.75 Å². The smallest absolute Gasteiger partial charge is 0.231 e. The van der Waals surface area contributed by atoms with Gasteiger partial charge in [-0.1, -0.05) is 42.5 Å². The van der Waals surface area contributed by atoms with Gasteiger partial charge in [0.1, 0.15) is 29.3 Å². The summed E-state index contributed by atoms with van der Waals surface area (Å²) < 4.78 is 2.18. The summed E-state index contributed by atoms with van der Waals surface area (Å²) in [6, 6.07) is 29.2. The molecule has 0 saturated carbocycles. The number of rotatable bonds is 0. The number of nitrogens with zero attached hydrogens (tertiary/aromatic N) is 4. The molecule has 6 aromatic rings. The Morgan fingerprint density at radius 1 is 0.533 bits per heavy atom. The molecule has 2 heterocycles. The zero-order valence-electron chi connectivity index (χ0n) is 16.4. The van der Waals surface area contributed by atoms with Crippen molar-refractivity contribution in [2.45, 2.75) is 0 Å². The van der Waals surface area contributed by atoms with Crippen LogP contribution in [0.25, 0.3) is 44.1 Å². The average Bonchev–Trinajstić information content (AvgIpc) is 2.79. The highest BCUT2D eigenvalue weighted by Gasteiger charge is 2.10. The van der Waals surface area contributed by atoms with E-state index in [0.29, 0.717) is 11.0 Å². The van der Waals surface area contributed by atoms with Crippen LogP contribution < -0.4 is 4.57 Å². The first-order chi connectivity index (χ1) is 14.7. The Morgan fingerprint density at radius 3 is 1.63 bits per heavy atom. The second-order valence-electron chi connectivity index (χ2n) is 7.01. The van der Waals surface area contributed by atoms with Crippen LogP contribution in [0.5, 0.6) is 5.75 Å². The van der Waals surface area contributed by atoms with Crippen LogP contribution in [0, 0.1) is 0 Å². The van der Waals surface area contributed by atoms with Crippen molar-refractivity contribution in [3.63, 3.8) is 0 Å². The maximum Gasteiger partial charge on any atom is 0.231 e. The van der Waals surface area contributed by atoms with E-state index in [9.17, 15) is 5.11 Å². The standard InChI is InChI=1S/C13H11N2.C12H8N2O/c1-15-12-8-4-2-6-10(12)14-11-7-3-5-9-13(11)15;15-11-7-3-6-10-12(11)14-9-5-2-1-4-8(9)13-10/h2-9H,1H3;1-7,15H/q+1;. The molecule has 0 amide bonds. The third-order valence-electron chi connectivity index (χ3n) is 5.08. The van der Waals surface area contributed by atoms with Crippen molar-refractivity contribution in [2.24, 2.45) is 7.05 Å². The molecular formula is C25H19N4O+. The zero-order chi connectivity index (χ0) is 20.5. The molecule has 1 N–H and O–H groups in total.